The van der Waals surface area contributed by atoms with E-state index >= 15 is 0 Å². The van der Waals surface area contributed by atoms with Crippen LogP contribution in [-0.2, 0) is 13.3 Å². The molecule has 0 unspecified atom stereocenters. The van der Waals surface area contributed by atoms with Gasteiger partial charge >= 0.3 is 0 Å². The molecule has 0 aliphatic rings. The highest BCUT2D eigenvalue weighted by atomic mass is 35.5. The molecular weight excluding hydrogens is 425 g/mol. The Balaban J connectivity index is 1.36. The number of halogens is 2. The average molecular weight is 442 g/mol. The molecule has 4 aromatic rings. The maximum absolute atomic E-state index is 12.5. The Kier molecular flexibility index (Phi) is 6.02. The summed E-state index contributed by atoms with van der Waals surface area (Å²) in [6.45, 7) is 0.588. The number of para-hydroxylation sites is 1. The minimum atomic E-state index is -0.366. The first kappa shape index (κ1) is 20.0. The fraction of sp³-hybridized carbons (Fsp3) is 0.0952. The Morgan fingerprint density at radius 3 is 2.40 bits per heavy atom. The lowest BCUT2D eigenvalue weighted by Crippen LogP contribution is -2.15. The Hall–Kier alpha value is -3.29. The van der Waals surface area contributed by atoms with Crippen LogP contribution in [0.3, 0.4) is 0 Å². The van der Waals surface area contributed by atoms with E-state index in [0.29, 0.717) is 22.4 Å². The summed E-state index contributed by atoms with van der Waals surface area (Å²) < 4.78 is 8.80. The largest absolute Gasteiger partial charge is 0.471 e. The van der Waals surface area contributed by atoms with E-state index in [1.54, 1.807) is 52.1 Å². The van der Waals surface area contributed by atoms with Gasteiger partial charge in [-0.2, -0.15) is 10.2 Å². The zero-order chi connectivity index (χ0) is 20.9. The van der Waals surface area contributed by atoms with Crippen molar-refractivity contribution < 1.29 is 9.53 Å². The number of hydrogen-bond donors (Lipinski definition) is 1. The Bertz CT molecular complexity index is 1140. The molecule has 0 aliphatic carbocycles. The van der Waals surface area contributed by atoms with Crippen molar-refractivity contribution in [2.24, 2.45) is 0 Å². The lowest BCUT2D eigenvalue weighted by atomic mass is 10.2. The highest BCUT2D eigenvalue weighted by molar-refractivity contribution is 6.35. The van der Waals surface area contributed by atoms with E-state index in [1.807, 2.05) is 30.3 Å². The minimum absolute atomic E-state index is 0.199. The van der Waals surface area contributed by atoms with Crippen molar-refractivity contribution >= 4 is 34.9 Å². The van der Waals surface area contributed by atoms with Crippen molar-refractivity contribution in [1.82, 2.24) is 19.6 Å². The van der Waals surface area contributed by atoms with Gasteiger partial charge in [0.2, 0.25) is 0 Å². The molecule has 0 aliphatic heterocycles. The Labute approximate surface area is 182 Å². The standard InChI is InChI=1S/C21H17Cl2N5O2/c22-17-7-4-8-18(23)16(17)13-27-12-10-20(26-27)24-21(29)19-9-11-28(25-19)14-30-15-5-2-1-3-6-15/h1-12H,13-14H2,(H,24,26,29). The van der Waals surface area contributed by atoms with Crippen LogP contribution in [0.2, 0.25) is 10.0 Å². The first-order chi connectivity index (χ1) is 14.6. The van der Waals surface area contributed by atoms with Crippen molar-refractivity contribution in [2.75, 3.05) is 5.32 Å². The van der Waals surface area contributed by atoms with Crippen molar-refractivity contribution in [3.63, 3.8) is 0 Å². The number of hydrogen-bond acceptors (Lipinski definition) is 4. The second kappa shape index (κ2) is 9.02. The third kappa shape index (κ3) is 4.82. The summed E-state index contributed by atoms with van der Waals surface area (Å²) in [5.41, 5.74) is 1.02. The SMILES string of the molecule is O=C(Nc1ccn(Cc2c(Cl)cccc2Cl)n1)c1ccn(COc2ccccc2)n1. The average Bonchev–Trinajstić information content (AvgIpc) is 3.40. The van der Waals surface area contributed by atoms with Crippen LogP contribution < -0.4 is 10.1 Å². The van der Waals surface area contributed by atoms with Gasteiger partial charge in [0.15, 0.2) is 18.2 Å². The van der Waals surface area contributed by atoms with E-state index in [-0.39, 0.29) is 18.3 Å². The third-order valence-corrected chi connectivity index (χ3v) is 4.95. The van der Waals surface area contributed by atoms with Crippen molar-refractivity contribution in [3.05, 3.63) is 94.4 Å². The number of aromatic nitrogens is 4. The van der Waals surface area contributed by atoms with Crippen molar-refractivity contribution in [3.8, 4) is 5.75 Å². The Morgan fingerprint density at radius 1 is 0.900 bits per heavy atom. The number of ether oxygens (including phenoxy) is 1. The van der Waals surface area contributed by atoms with Crippen LogP contribution in [0.1, 0.15) is 16.1 Å². The molecule has 2 aromatic carbocycles. The van der Waals surface area contributed by atoms with Gasteiger partial charge in [0.1, 0.15) is 5.75 Å². The second-order valence-electron chi connectivity index (χ2n) is 6.38. The molecule has 1 N–H and O–H groups in total. The fourth-order valence-corrected chi connectivity index (χ4v) is 3.27. The number of carbonyl (C=O) groups excluding carboxylic acids is 1. The van der Waals surface area contributed by atoms with Crippen LogP contribution >= 0.6 is 23.2 Å². The lowest BCUT2D eigenvalue weighted by molar-refractivity contribution is 0.101. The van der Waals surface area contributed by atoms with Crippen LogP contribution in [0.5, 0.6) is 5.75 Å². The summed E-state index contributed by atoms with van der Waals surface area (Å²) in [4.78, 5) is 12.5. The molecule has 0 saturated heterocycles. The summed E-state index contributed by atoms with van der Waals surface area (Å²) in [6, 6.07) is 18.0. The molecule has 0 spiro atoms. The van der Waals surface area contributed by atoms with Crippen molar-refractivity contribution in [1.29, 1.82) is 0 Å². The summed E-state index contributed by atoms with van der Waals surface area (Å²) >= 11 is 12.4. The maximum Gasteiger partial charge on any atom is 0.277 e. The molecule has 0 fully saturated rings. The zero-order valence-corrected chi connectivity index (χ0v) is 17.2. The van der Waals surface area contributed by atoms with Gasteiger partial charge in [-0.05, 0) is 30.3 Å². The number of benzene rings is 2. The highest BCUT2D eigenvalue weighted by Gasteiger charge is 2.13. The quantitative estimate of drug-likeness (QED) is 0.450. The number of carbonyl (C=O) groups is 1. The van der Waals surface area contributed by atoms with Crippen LogP contribution in [0.15, 0.2) is 73.1 Å². The molecule has 0 atom stereocenters. The van der Waals surface area contributed by atoms with Crippen LogP contribution in [0.25, 0.3) is 0 Å². The second-order valence-corrected chi connectivity index (χ2v) is 7.19. The molecule has 152 valence electrons. The molecule has 2 heterocycles. The van der Waals surface area contributed by atoms with E-state index in [1.165, 1.54) is 0 Å². The van der Waals surface area contributed by atoms with E-state index in [4.69, 9.17) is 27.9 Å². The van der Waals surface area contributed by atoms with Gasteiger partial charge in [-0.15, -0.1) is 0 Å². The van der Waals surface area contributed by atoms with Crippen LogP contribution in [0.4, 0.5) is 5.82 Å². The van der Waals surface area contributed by atoms with Gasteiger partial charge in [0.25, 0.3) is 5.91 Å². The molecule has 4 rings (SSSR count). The van der Waals surface area contributed by atoms with Gasteiger partial charge in [-0.3, -0.25) is 9.48 Å². The molecule has 7 nitrogen and oxygen atoms in total. The normalized spacial score (nSPS) is 10.7. The predicted octanol–water partition coefficient (Wildman–Crippen LogP) is 4.72. The van der Waals surface area contributed by atoms with Gasteiger partial charge in [0.05, 0.1) is 6.54 Å². The van der Waals surface area contributed by atoms with Crippen LogP contribution in [0, 0.1) is 0 Å². The number of nitrogens with zero attached hydrogens (tertiary/aromatic N) is 4. The van der Waals surface area contributed by atoms with E-state index in [9.17, 15) is 4.79 Å². The van der Waals surface area contributed by atoms with E-state index < -0.39 is 0 Å². The lowest BCUT2D eigenvalue weighted by Gasteiger charge is -2.07. The van der Waals surface area contributed by atoms with Gasteiger partial charge in [0, 0.05) is 34.1 Å². The van der Waals surface area contributed by atoms with E-state index in [0.717, 1.165) is 11.3 Å². The highest BCUT2D eigenvalue weighted by Crippen LogP contribution is 2.25. The van der Waals surface area contributed by atoms with Crippen LogP contribution in [-0.4, -0.2) is 25.5 Å². The maximum atomic E-state index is 12.5. The molecule has 0 bridgehead atoms. The number of nitrogens with one attached hydrogen (secondary N) is 1. The summed E-state index contributed by atoms with van der Waals surface area (Å²) in [5.74, 6) is 0.760. The van der Waals surface area contributed by atoms with Gasteiger partial charge in [-0.1, -0.05) is 47.5 Å². The third-order valence-electron chi connectivity index (χ3n) is 4.24. The topological polar surface area (TPSA) is 74.0 Å². The smallest absolute Gasteiger partial charge is 0.277 e. The molecule has 2 aromatic heterocycles. The van der Waals surface area contributed by atoms with Gasteiger partial charge < -0.3 is 10.1 Å². The number of amides is 1. The van der Waals surface area contributed by atoms with E-state index in [2.05, 4.69) is 15.5 Å². The monoisotopic (exact) mass is 441 g/mol. The molecule has 1 amide bonds. The Morgan fingerprint density at radius 2 is 1.63 bits per heavy atom. The molecule has 30 heavy (non-hydrogen) atoms. The number of rotatable bonds is 7. The summed E-state index contributed by atoms with van der Waals surface area (Å²) in [5, 5.41) is 12.4. The number of anilines is 1. The molecule has 0 saturated carbocycles. The fourth-order valence-electron chi connectivity index (χ4n) is 2.75. The minimum Gasteiger partial charge on any atom is -0.471 e. The first-order valence-corrected chi connectivity index (χ1v) is 9.83. The predicted molar refractivity (Wildman–Crippen MR) is 115 cm³/mol. The molecular formula is C21H17Cl2N5O2. The summed E-state index contributed by atoms with van der Waals surface area (Å²) in [6.07, 6.45) is 3.41. The van der Waals surface area contributed by atoms with Crippen molar-refractivity contribution in [2.45, 2.75) is 13.3 Å². The molecule has 0 radical (unpaired) electrons. The molecule has 9 heteroatoms. The van der Waals surface area contributed by atoms with Gasteiger partial charge in [-0.25, -0.2) is 4.68 Å². The zero-order valence-electron chi connectivity index (χ0n) is 15.7. The summed E-state index contributed by atoms with van der Waals surface area (Å²) in [7, 11) is 0. The first-order valence-electron chi connectivity index (χ1n) is 9.07.